The van der Waals surface area contributed by atoms with Gasteiger partial charge in [0.15, 0.2) is 5.60 Å². The number of anilines is 1. The van der Waals surface area contributed by atoms with Gasteiger partial charge in [-0.25, -0.2) is 0 Å². The van der Waals surface area contributed by atoms with Gasteiger partial charge in [-0.15, -0.1) is 0 Å². The highest BCUT2D eigenvalue weighted by Gasteiger charge is 2.41. The lowest BCUT2D eigenvalue weighted by atomic mass is 9.99. The molecule has 0 aliphatic carbocycles. The second-order valence-corrected chi connectivity index (χ2v) is 6.36. The van der Waals surface area contributed by atoms with Crippen molar-refractivity contribution in [1.82, 2.24) is 0 Å². The van der Waals surface area contributed by atoms with Gasteiger partial charge in [0.25, 0.3) is 5.91 Å². The third-order valence-electron chi connectivity index (χ3n) is 3.46. The van der Waals surface area contributed by atoms with Gasteiger partial charge >= 0.3 is 0 Å². The third kappa shape index (κ3) is 2.66. The molecule has 0 saturated carbocycles. The molecule has 1 heterocycles. The Hall–Kier alpha value is -1.55. The second-order valence-electron chi connectivity index (χ2n) is 6.36. The fourth-order valence-electron chi connectivity index (χ4n) is 2.57. The van der Waals surface area contributed by atoms with E-state index in [1.165, 1.54) is 0 Å². The molecule has 20 heavy (non-hydrogen) atoms. The van der Waals surface area contributed by atoms with E-state index >= 15 is 0 Å². The number of carbonyl (C=O) groups is 1. The lowest BCUT2D eigenvalue weighted by Crippen LogP contribution is -2.54. The van der Waals surface area contributed by atoms with E-state index in [1.54, 1.807) is 0 Å². The van der Waals surface area contributed by atoms with E-state index in [0.29, 0.717) is 0 Å². The predicted molar refractivity (Wildman–Crippen MR) is 81.1 cm³/mol. The Kier molecular flexibility index (Phi) is 3.78. The molecule has 4 nitrogen and oxygen atoms in total. The maximum Gasteiger partial charge on any atom is 0.270 e. The zero-order valence-electron chi connectivity index (χ0n) is 12.9. The summed E-state index contributed by atoms with van der Waals surface area (Å²) in [5.74, 6) is 0.759. The molecule has 2 rings (SSSR count). The fraction of sp³-hybridized carbons (Fsp3) is 0.562. The minimum Gasteiger partial charge on any atom is -0.476 e. The number of benzene rings is 1. The molecule has 0 bridgehead atoms. The topological polar surface area (TPSA) is 55.6 Å². The van der Waals surface area contributed by atoms with Gasteiger partial charge in [-0.2, -0.15) is 0 Å². The first kappa shape index (κ1) is 14.9. The second kappa shape index (κ2) is 5.09. The standard InChI is InChI=1S/C16H24N2O2/c1-10(2)18-13-9-12(8-11(3)17)6-7-14(13)20-16(4,5)15(18)19/h6-7,9-11H,8,17H2,1-5H3. The van der Waals surface area contributed by atoms with Crippen molar-refractivity contribution in [3.63, 3.8) is 0 Å². The summed E-state index contributed by atoms with van der Waals surface area (Å²) in [5, 5.41) is 0. The molecule has 0 fully saturated rings. The van der Waals surface area contributed by atoms with Crippen LogP contribution in [0.3, 0.4) is 0 Å². The summed E-state index contributed by atoms with van der Waals surface area (Å²) >= 11 is 0. The van der Waals surface area contributed by atoms with Crippen LogP contribution in [0.1, 0.15) is 40.2 Å². The number of carbonyl (C=O) groups excluding carboxylic acids is 1. The van der Waals surface area contributed by atoms with Crippen molar-refractivity contribution in [3.05, 3.63) is 23.8 Å². The number of fused-ring (bicyclic) bond motifs is 1. The molecule has 1 amide bonds. The van der Waals surface area contributed by atoms with E-state index in [0.717, 1.165) is 23.4 Å². The van der Waals surface area contributed by atoms with Gasteiger partial charge in [0.05, 0.1) is 5.69 Å². The lowest BCUT2D eigenvalue weighted by molar-refractivity contribution is -0.133. The molecule has 1 aromatic rings. The van der Waals surface area contributed by atoms with E-state index in [9.17, 15) is 4.79 Å². The Bertz CT molecular complexity index is 521. The first-order chi connectivity index (χ1) is 9.22. The molecule has 1 unspecified atom stereocenters. The molecule has 110 valence electrons. The van der Waals surface area contributed by atoms with Crippen molar-refractivity contribution in [2.75, 3.05) is 4.90 Å². The van der Waals surface area contributed by atoms with Crippen molar-refractivity contribution in [2.24, 2.45) is 5.73 Å². The average molecular weight is 276 g/mol. The number of rotatable bonds is 3. The summed E-state index contributed by atoms with van der Waals surface area (Å²) in [7, 11) is 0. The van der Waals surface area contributed by atoms with Crippen molar-refractivity contribution in [2.45, 2.75) is 58.7 Å². The van der Waals surface area contributed by atoms with Crippen molar-refractivity contribution >= 4 is 11.6 Å². The van der Waals surface area contributed by atoms with Crippen LogP contribution < -0.4 is 15.4 Å². The monoisotopic (exact) mass is 276 g/mol. The van der Waals surface area contributed by atoms with Gasteiger partial charge in [0, 0.05) is 12.1 Å². The molecule has 1 aliphatic heterocycles. The van der Waals surface area contributed by atoms with Crippen LogP contribution in [0.2, 0.25) is 0 Å². The van der Waals surface area contributed by atoms with Crippen LogP contribution in [0.4, 0.5) is 5.69 Å². The van der Waals surface area contributed by atoms with Crippen molar-refractivity contribution < 1.29 is 9.53 Å². The number of nitrogens with two attached hydrogens (primary N) is 1. The Morgan fingerprint density at radius 3 is 2.50 bits per heavy atom. The Balaban J connectivity index is 2.48. The Morgan fingerprint density at radius 2 is 1.95 bits per heavy atom. The van der Waals surface area contributed by atoms with E-state index in [2.05, 4.69) is 0 Å². The van der Waals surface area contributed by atoms with Crippen LogP contribution in [0.25, 0.3) is 0 Å². The lowest BCUT2D eigenvalue weighted by Gasteiger charge is -2.41. The molecule has 0 aromatic heterocycles. The number of hydrogen-bond donors (Lipinski definition) is 1. The van der Waals surface area contributed by atoms with Crippen LogP contribution in [0, 0.1) is 0 Å². The summed E-state index contributed by atoms with van der Waals surface area (Å²) in [5.41, 5.74) is 7.01. The van der Waals surface area contributed by atoms with Crippen LogP contribution >= 0.6 is 0 Å². The van der Waals surface area contributed by atoms with E-state index in [4.69, 9.17) is 10.5 Å². The van der Waals surface area contributed by atoms with Gasteiger partial charge in [-0.3, -0.25) is 4.79 Å². The quantitative estimate of drug-likeness (QED) is 0.922. The molecule has 1 atom stereocenters. The van der Waals surface area contributed by atoms with Gasteiger partial charge in [-0.05, 0) is 58.7 Å². The predicted octanol–water partition coefficient (Wildman–Crippen LogP) is 2.49. The van der Waals surface area contributed by atoms with Crippen LogP contribution in [0.5, 0.6) is 5.75 Å². The minimum atomic E-state index is -0.819. The summed E-state index contributed by atoms with van der Waals surface area (Å²) in [6.07, 6.45) is 0.788. The molecular formula is C16H24N2O2. The molecule has 1 aromatic carbocycles. The maximum absolute atomic E-state index is 12.6. The molecule has 0 radical (unpaired) electrons. The van der Waals surface area contributed by atoms with Crippen molar-refractivity contribution in [3.8, 4) is 5.75 Å². The number of amides is 1. The summed E-state index contributed by atoms with van der Waals surface area (Å²) < 4.78 is 5.85. The van der Waals surface area contributed by atoms with Crippen LogP contribution in [-0.4, -0.2) is 23.6 Å². The largest absolute Gasteiger partial charge is 0.476 e. The Labute approximate surface area is 120 Å². The highest BCUT2D eigenvalue weighted by molar-refractivity contribution is 6.02. The first-order valence-electron chi connectivity index (χ1n) is 7.13. The van der Waals surface area contributed by atoms with E-state index < -0.39 is 5.60 Å². The Morgan fingerprint density at radius 1 is 1.30 bits per heavy atom. The molecule has 4 heteroatoms. The molecule has 0 saturated heterocycles. The number of ether oxygens (including phenoxy) is 1. The number of hydrogen-bond acceptors (Lipinski definition) is 3. The van der Waals surface area contributed by atoms with Gasteiger partial charge in [0.1, 0.15) is 5.75 Å². The third-order valence-corrected chi connectivity index (χ3v) is 3.46. The fourth-order valence-corrected chi connectivity index (χ4v) is 2.57. The van der Waals surface area contributed by atoms with Crippen LogP contribution in [0.15, 0.2) is 18.2 Å². The van der Waals surface area contributed by atoms with Gasteiger partial charge in [0.2, 0.25) is 0 Å². The van der Waals surface area contributed by atoms with Crippen molar-refractivity contribution in [1.29, 1.82) is 0 Å². The summed E-state index contributed by atoms with van der Waals surface area (Å²) in [4.78, 5) is 14.4. The van der Waals surface area contributed by atoms with Gasteiger partial charge < -0.3 is 15.4 Å². The summed E-state index contributed by atoms with van der Waals surface area (Å²) in [6.45, 7) is 9.63. The zero-order chi connectivity index (χ0) is 15.1. The maximum atomic E-state index is 12.6. The van der Waals surface area contributed by atoms with E-state index in [1.807, 2.05) is 57.7 Å². The summed E-state index contributed by atoms with van der Waals surface area (Å²) in [6, 6.07) is 6.17. The SMILES string of the molecule is CC(N)Cc1ccc2c(c1)N(C(C)C)C(=O)C(C)(C)O2. The van der Waals surface area contributed by atoms with Gasteiger partial charge in [-0.1, -0.05) is 6.07 Å². The smallest absolute Gasteiger partial charge is 0.270 e. The minimum absolute atomic E-state index is 0.00190. The van der Waals surface area contributed by atoms with E-state index in [-0.39, 0.29) is 18.0 Å². The molecule has 0 spiro atoms. The molecule has 2 N–H and O–H groups in total. The number of nitrogens with zero attached hydrogens (tertiary/aromatic N) is 1. The molecular weight excluding hydrogens is 252 g/mol. The average Bonchev–Trinajstić information content (AvgIpc) is 2.29. The first-order valence-corrected chi connectivity index (χ1v) is 7.13. The highest BCUT2D eigenvalue weighted by atomic mass is 16.5. The van der Waals surface area contributed by atoms with Crippen LogP contribution in [-0.2, 0) is 11.2 Å². The zero-order valence-corrected chi connectivity index (χ0v) is 12.9. The normalized spacial score (nSPS) is 18.8. The highest BCUT2D eigenvalue weighted by Crippen LogP contribution is 2.39. The molecule has 1 aliphatic rings.